The highest BCUT2D eigenvalue weighted by molar-refractivity contribution is 6.69. The van der Waals surface area contributed by atoms with Gasteiger partial charge in [0.05, 0.1) is 0 Å². The molecule has 1 aliphatic carbocycles. The topological polar surface area (TPSA) is 27.3 Å². The third-order valence-corrected chi connectivity index (χ3v) is 7.05. The van der Waals surface area contributed by atoms with E-state index in [0.717, 1.165) is 12.5 Å². The van der Waals surface area contributed by atoms with Crippen LogP contribution in [0.25, 0.3) is 10.8 Å². The summed E-state index contributed by atoms with van der Waals surface area (Å²) in [4.78, 5) is 2.56. The lowest BCUT2D eigenvalue weighted by Crippen LogP contribution is -2.55. The molecule has 4 heteroatoms. The summed E-state index contributed by atoms with van der Waals surface area (Å²) >= 11 is 0. The summed E-state index contributed by atoms with van der Waals surface area (Å²) in [6, 6.07) is 24.1. The van der Waals surface area contributed by atoms with E-state index in [-0.39, 0.29) is 6.98 Å². The fraction of sp³-hybridized carbons (Fsp3) is 0.385. The van der Waals surface area contributed by atoms with Crippen LogP contribution in [-0.4, -0.2) is 24.9 Å². The van der Waals surface area contributed by atoms with Crippen molar-refractivity contribution in [2.75, 3.05) is 17.5 Å². The van der Waals surface area contributed by atoms with Crippen molar-refractivity contribution in [2.45, 2.75) is 51.0 Å². The SMILES string of the molecule is CN(Cc1ccccc1)[C@@H](CC1CCCCC1)B1Nc2cccc3cccc(c23)N1. The van der Waals surface area contributed by atoms with Crippen LogP contribution in [-0.2, 0) is 6.54 Å². The molecule has 1 aliphatic heterocycles. The van der Waals surface area contributed by atoms with Crippen molar-refractivity contribution < 1.29 is 0 Å². The van der Waals surface area contributed by atoms with Crippen molar-refractivity contribution in [3.05, 3.63) is 72.3 Å². The van der Waals surface area contributed by atoms with E-state index in [1.807, 2.05) is 0 Å². The van der Waals surface area contributed by atoms with Crippen LogP contribution in [0.2, 0.25) is 0 Å². The maximum atomic E-state index is 3.86. The third-order valence-electron chi connectivity index (χ3n) is 7.05. The summed E-state index contributed by atoms with van der Waals surface area (Å²) in [5, 5.41) is 10.3. The van der Waals surface area contributed by atoms with Crippen LogP contribution in [0.3, 0.4) is 0 Å². The molecule has 3 aromatic rings. The molecule has 30 heavy (non-hydrogen) atoms. The van der Waals surface area contributed by atoms with Crippen LogP contribution in [0.4, 0.5) is 11.4 Å². The summed E-state index contributed by atoms with van der Waals surface area (Å²) < 4.78 is 0. The van der Waals surface area contributed by atoms with Gasteiger partial charge in [0.1, 0.15) is 0 Å². The minimum atomic E-state index is 0.209. The molecule has 0 amide bonds. The van der Waals surface area contributed by atoms with Crippen LogP contribution in [0.15, 0.2) is 66.7 Å². The summed E-state index contributed by atoms with van der Waals surface area (Å²) in [5.74, 6) is 1.26. The van der Waals surface area contributed by atoms with Gasteiger partial charge >= 0.3 is 6.98 Å². The Hall–Kier alpha value is -2.46. The minimum Gasteiger partial charge on any atom is -0.408 e. The number of hydrogen-bond acceptors (Lipinski definition) is 3. The first-order valence-corrected chi connectivity index (χ1v) is 11.6. The van der Waals surface area contributed by atoms with Crippen LogP contribution < -0.4 is 10.5 Å². The van der Waals surface area contributed by atoms with Gasteiger partial charge in [-0.15, -0.1) is 0 Å². The highest BCUT2D eigenvalue weighted by Crippen LogP contribution is 2.36. The molecule has 2 aliphatic rings. The zero-order valence-corrected chi connectivity index (χ0v) is 18.0. The number of nitrogens with zero attached hydrogens (tertiary/aromatic N) is 1. The molecule has 0 spiro atoms. The van der Waals surface area contributed by atoms with Crippen molar-refractivity contribution in [2.24, 2.45) is 5.92 Å². The zero-order valence-electron chi connectivity index (χ0n) is 18.0. The Morgan fingerprint density at radius 1 is 0.867 bits per heavy atom. The molecule has 0 unspecified atom stereocenters. The molecule has 5 rings (SSSR count). The van der Waals surface area contributed by atoms with Gasteiger partial charge in [0.25, 0.3) is 0 Å². The normalized spacial score (nSPS) is 17.6. The third kappa shape index (κ3) is 4.06. The van der Waals surface area contributed by atoms with Gasteiger partial charge in [-0.25, -0.2) is 0 Å². The maximum Gasteiger partial charge on any atom is 0.388 e. The van der Waals surface area contributed by atoms with Gasteiger partial charge in [0.15, 0.2) is 0 Å². The lowest BCUT2D eigenvalue weighted by atomic mass is 9.60. The van der Waals surface area contributed by atoms with E-state index >= 15 is 0 Å². The molecule has 3 nitrogen and oxygen atoms in total. The van der Waals surface area contributed by atoms with Crippen molar-refractivity contribution in [1.29, 1.82) is 0 Å². The average molecular weight is 397 g/mol. The molecule has 154 valence electrons. The monoisotopic (exact) mass is 397 g/mol. The largest absolute Gasteiger partial charge is 0.408 e. The van der Waals surface area contributed by atoms with E-state index in [4.69, 9.17) is 0 Å². The number of nitrogens with one attached hydrogen (secondary N) is 2. The standard InChI is InChI=1S/C26H32BN3/c1-30(19-21-12-6-3-7-13-21)25(18-20-10-4-2-5-11-20)27-28-23-16-8-14-22-15-9-17-24(29-27)26(22)23/h3,6-9,12-17,20,25,28-29H,2,4-5,10-11,18-19H2,1H3/t25-/m0/s1. The van der Waals surface area contributed by atoms with Crippen LogP contribution >= 0.6 is 0 Å². The lowest BCUT2D eigenvalue weighted by Gasteiger charge is -2.39. The molecule has 0 bridgehead atoms. The van der Waals surface area contributed by atoms with Crippen molar-refractivity contribution in [3.8, 4) is 0 Å². The quantitative estimate of drug-likeness (QED) is 0.487. The van der Waals surface area contributed by atoms with E-state index in [1.54, 1.807) is 0 Å². The fourth-order valence-electron chi connectivity index (χ4n) is 5.47. The van der Waals surface area contributed by atoms with Crippen molar-refractivity contribution in [3.63, 3.8) is 0 Å². The Balaban J connectivity index is 1.42. The van der Waals surface area contributed by atoms with Gasteiger partial charge in [-0.05, 0) is 42.5 Å². The summed E-state index contributed by atoms with van der Waals surface area (Å²) in [5.41, 5.74) is 3.90. The Bertz CT molecular complexity index is 943. The zero-order chi connectivity index (χ0) is 20.3. The molecule has 3 aromatic carbocycles. The van der Waals surface area contributed by atoms with E-state index < -0.39 is 0 Å². The summed E-state index contributed by atoms with van der Waals surface area (Å²) in [7, 11) is 2.30. The smallest absolute Gasteiger partial charge is 0.388 e. The first-order valence-electron chi connectivity index (χ1n) is 11.6. The molecule has 1 atom stereocenters. The van der Waals surface area contributed by atoms with E-state index in [1.165, 1.54) is 66.2 Å². The Morgan fingerprint density at radius 3 is 2.20 bits per heavy atom. The second-order valence-electron chi connectivity index (χ2n) is 9.18. The van der Waals surface area contributed by atoms with Gasteiger partial charge < -0.3 is 15.4 Å². The van der Waals surface area contributed by atoms with Crippen LogP contribution in [0, 0.1) is 5.92 Å². The van der Waals surface area contributed by atoms with E-state index in [9.17, 15) is 0 Å². The Labute approximate surface area is 181 Å². The van der Waals surface area contributed by atoms with Crippen LogP contribution in [0.5, 0.6) is 0 Å². The Kier molecular flexibility index (Phi) is 5.68. The van der Waals surface area contributed by atoms with Gasteiger partial charge in [-0.1, -0.05) is 86.7 Å². The highest BCUT2D eigenvalue weighted by atomic mass is 15.2. The molecule has 2 N–H and O–H groups in total. The summed E-state index contributed by atoms with van der Waals surface area (Å²) in [6.07, 6.45) is 8.21. The molecule has 0 aromatic heterocycles. The van der Waals surface area contributed by atoms with Gasteiger partial charge in [-0.3, -0.25) is 0 Å². The van der Waals surface area contributed by atoms with Gasteiger partial charge in [-0.2, -0.15) is 0 Å². The molecule has 1 fully saturated rings. The van der Waals surface area contributed by atoms with Crippen molar-refractivity contribution >= 4 is 29.1 Å². The number of anilines is 2. The fourth-order valence-corrected chi connectivity index (χ4v) is 5.47. The molecular weight excluding hydrogens is 365 g/mol. The first-order chi connectivity index (χ1) is 14.8. The Morgan fingerprint density at radius 2 is 1.53 bits per heavy atom. The second-order valence-corrected chi connectivity index (χ2v) is 9.18. The minimum absolute atomic E-state index is 0.209. The van der Waals surface area contributed by atoms with E-state index in [2.05, 4.69) is 89.1 Å². The number of hydrogen-bond donors (Lipinski definition) is 2. The highest BCUT2D eigenvalue weighted by Gasteiger charge is 2.36. The molecule has 0 radical (unpaired) electrons. The average Bonchev–Trinajstić information content (AvgIpc) is 2.79. The second kappa shape index (κ2) is 8.73. The molecule has 1 heterocycles. The van der Waals surface area contributed by atoms with Gasteiger partial charge in [0, 0.05) is 29.2 Å². The number of rotatable bonds is 6. The predicted molar refractivity (Wildman–Crippen MR) is 130 cm³/mol. The summed E-state index contributed by atoms with van der Waals surface area (Å²) in [6.45, 7) is 1.19. The molecule has 0 saturated heterocycles. The molecule has 1 saturated carbocycles. The maximum absolute atomic E-state index is 3.86. The van der Waals surface area contributed by atoms with Gasteiger partial charge in [0.2, 0.25) is 0 Å². The molecular formula is C26H32BN3. The van der Waals surface area contributed by atoms with Crippen LogP contribution in [0.1, 0.15) is 44.1 Å². The van der Waals surface area contributed by atoms with Crippen molar-refractivity contribution in [1.82, 2.24) is 4.90 Å². The number of benzene rings is 3. The predicted octanol–water partition coefficient (Wildman–Crippen LogP) is 6.18. The van der Waals surface area contributed by atoms with E-state index in [0.29, 0.717) is 5.94 Å². The first kappa shape index (κ1) is 19.5. The lowest BCUT2D eigenvalue weighted by molar-refractivity contribution is 0.229.